The minimum atomic E-state index is -1.27. The molecule has 1 aromatic rings. The van der Waals surface area contributed by atoms with E-state index in [9.17, 15) is 4.79 Å². The fourth-order valence-corrected chi connectivity index (χ4v) is 0.695. The average molecular weight is 180 g/mol. The van der Waals surface area contributed by atoms with Crippen LogP contribution in [-0.4, -0.2) is 44.3 Å². The predicted octanol–water partition coefficient (Wildman–Crippen LogP) is -0.120. The Morgan fingerprint density at radius 2 is 1.83 bits per heavy atom. The number of aromatic hydroxyl groups is 2. The first-order chi connectivity index (χ1) is 5.11. The van der Waals surface area contributed by atoms with Crippen LogP contribution in [0, 0.1) is 0 Å². The fourth-order valence-electron chi connectivity index (χ4n) is 0.695. The molecule has 12 heavy (non-hydrogen) atoms. The van der Waals surface area contributed by atoms with E-state index in [1.54, 1.807) is 0 Å². The topological polar surface area (TPSA) is 77.8 Å². The number of carboxylic acids is 1. The molecule has 0 aliphatic carbocycles. The summed E-state index contributed by atoms with van der Waals surface area (Å²) in [7, 11) is 0. The molecule has 0 radical (unpaired) electrons. The van der Waals surface area contributed by atoms with Gasteiger partial charge in [-0.1, -0.05) is 0 Å². The van der Waals surface area contributed by atoms with Crippen LogP contribution in [0.15, 0.2) is 18.2 Å². The molecule has 0 aromatic heterocycles. The van der Waals surface area contributed by atoms with E-state index in [2.05, 4.69) is 0 Å². The van der Waals surface area contributed by atoms with Crippen molar-refractivity contribution in [2.75, 3.05) is 0 Å². The number of hydrogen-bond acceptors (Lipinski definition) is 3. The van der Waals surface area contributed by atoms with Crippen LogP contribution in [0.2, 0.25) is 0 Å². The predicted molar refractivity (Wildman–Crippen MR) is 45.3 cm³/mol. The van der Waals surface area contributed by atoms with Crippen LogP contribution < -0.4 is 0 Å². The maximum atomic E-state index is 10.3. The summed E-state index contributed by atoms with van der Waals surface area (Å²) < 4.78 is 0. The van der Waals surface area contributed by atoms with Gasteiger partial charge >= 0.3 is 29.0 Å². The molecule has 5 heteroatoms. The third-order valence-corrected chi connectivity index (χ3v) is 1.21. The molecule has 0 atom stereocenters. The molecule has 0 fully saturated rings. The molecule has 4 nitrogen and oxygen atoms in total. The minimum Gasteiger partial charge on any atom is -0.508 e. The lowest BCUT2D eigenvalue weighted by atomic mass is 10.2. The summed E-state index contributed by atoms with van der Waals surface area (Å²) in [5.41, 5.74) is -0.301. The normalized spacial score (nSPS) is 8.67. The van der Waals surface area contributed by atoms with E-state index < -0.39 is 5.97 Å². The Balaban J connectivity index is 0.00000121. The third kappa shape index (κ3) is 2.28. The molecule has 0 bridgehead atoms. The molecule has 0 aliphatic heterocycles. The van der Waals surface area contributed by atoms with Crippen molar-refractivity contribution in [3.05, 3.63) is 23.8 Å². The summed E-state index contributed by atoms with van der Waals surface area (Å²) in [5, 5.41) is 26.1. The fraction of sp³-hybridized carbons (Fsp3) is 0. The highest BCUT2D eigenvalue weighted by molar-refractivity contribution is 5.91. The highest BCUT2D eigenvalue weighted by Gasteiger charge is 2.08. The largest absolute Gasteiger partial charge is 0.508 e. The van der Waals surface area contributed by atoms with Crippen LogP contribution in [-0.2, 0) is 0 Å². The van der Waals surface area contributed by atoms with Crippen molar-refractivity contribution in [2.24, 2.45) is 0 Å². The van der Waals surface area contributed by atoms with Crippen LogP contribution >= 0.6 is 0 Å². The number of phenolic OH excluding ortho intramolecular Hbond substituents is 1. The van der Waals surface area contributed by atoms with Crippen LogP contribution in [0.5, 0.6) is 11.5 Å². The van der Waals surface area contributed by atoms with Crippen molar-refractivity contribution in [3.63, 3.8) is 0 Å². The lowest BCUT2D eigenvalue weighted by molar-refractivity contribution is 0.0693. The summed E-state index contributed by atoms with van der Waals surface area (Å²) in [5.74, 6) is -1.80. The van der Waals surface area contributed by atoms with Crippen molar-refractivity contribution >= 4 is 29.0 Å². The van der Waals surface area contributed by atoms with Gasteiger partial charge in [-0.2, -0.15) is 0 Å². The molecule has 0 heterocycles. The van der Waals surface area contributed by atoms with Gasteiger partial charge in [0.25, 0.3) is 0 Å². The van der Waals surface area contributed by atoms with E-state index in [-0.39, 0.29) is 40.1 Å². The van der Waals surface area contributed by atoms with E-state index in [1.807, 2.05) is 0 Å². The number of benzene rings is 1. The number of phenols is 2. The van der Waals surface area contributed by atoms with Gasteiger partial charge in [-0.3, -0.25) is 0 Å². The highest BCUT2D eigenvalue weighted by Crippen LogP contribution is 2.21. The Hall–Kier alpha value is -0.944. The number of aromatic carboxylic acids is 1. The van der Waals surface area contributed by atoms with Crippen molar-refractivity contribution in [1.82, 2.24) is 0 Å². The summed E-state index contributed by atoms with van der Waals surface area (Å²) in [6.45, 7) is 0. The van der Waals surface area contributed by atoms with Crippen molar-refractivity contribution < 1.29 is 20.1 Å². The molecule has 1 rings (SSSR count). The van der Waals surface area contributed by atoms with E-state index in [0.29, 0.717) is 0 Å². The van der Waals surface area contributed by atoms with Crippen LogP contribution in [0.1, 0.15) is 10.4 Å². The van der Waals surface area contributed by atoms with Crippen molar-refractivity contribution in [3.8, 4) is 11.5 Å². The molecule has 0 spiro atoms. The van der Waals surface area contributed by atoms with Gasteiger partial charge < -0.3 is 15.3 Å². The lowest BCUT2D eigenvalue weighted by Gasteiger charge is -1.98. The Morgan fingerprint density at radius 1 is 1.25 bits per heavy atom. The van der Waals surface area contributed by atoms with E-state index in [1.165, 1.54) is 6.07 Å². The third-order valence-electron chi connectivity index (χ3n) is 1.21. The van der Waals surface area contributed by atoms with Gasteiger partial charge in [0.1, 0.15) is 17.1 Å². The van der Waals surface area contributed by atoms with Gasteiger partial charge in [0.05, 0.1) is 0 Å². The zero-order valence-electron chi connectivity index (χ0n) is 5.48. The van der Waals surface area contributed by atoms with Gasteiger partial charge in [0.2, 0.25) is 0 Å². The van der Waals surface area contributed by atoms with Crippen LogP contribution in [0.3, 0.4) is 0 Å². The average Bonchev–Trinajstić information content (AvgIpc) is 1.94. The minimum absolute atomic E-state index is 0. The Kier molecular flexibility index (Phi) is 3.85. The number of carbonyl (C=O) groups is 1. The summed E-state index contributed by atoms with van der Waals surface area (Å²) >= 11 is 0. The molecule has 1 aromatic carbocycles. The van der Waals surface area contributed by atoms with Gasteiger partial charge in [0.15, 0.2) is 0 Å². The molecule has 0 aliphatic rings. The second kappa shape index (κ2) is 4.17. The molecule has 0 saturated heterocycles. The highest BCUT2D eigenvalue weighted by atomic mass is 24.3. The molecular formula is C7H8MgO4. The first-order valence-corrected chi connectivity index (χ1v) is 2.86. The number of hydrogen-bond donors (Lipinski definition) is 3. The summed E-state index contributed by atoms with van der Waals surface area (Å²) in [6.07, 6.45) is 0. The molecular weight excluding hydrogens is 172 g/mol. The Bertz CT molecular complexity index is 297. The quantitative estimate of drug-likeness (QED) is 0.416. The van der Waals surface area contributed by atoms with Crippen molar-refractivity contribution in [1.29, 1.82) is 0 Å². The van der Waals surface area contributed by atoms with Gasteiger partial charge in [-0.05, 0) is 18.2 Å². The van der Waals surface area contributed by atoms with E-state index in [0.717, 1.165) is 12.1 Å². The SMILES string of the molecule is O=C(O)c1cc(O)ccc1O.[MgH2]. The van der Waals surface area contributed by atoms with E-state index >= 15 is 0 Å². The monoisotopic (exact) mass is 180 g/mol. The van der Waals surface area contributed by atoms with Crippen LogP contribution in [0.25, 0.3) is 0 Å². The Labute approximate surface area is 84.6 Å². The zero-order valence-corrected chi connectivity index (χ0v) is 5.48. The second-order valence-corrected chi connectivity index (χ2v) is 2.01. The van der Waals surface area contributed by atoms with Gasteiger partial charge in [-0.25, -0.2) is 4.79 Å². The molecule has 0 unspecified atom stereocenters. The molecule has 3 N–H and O–H groups in total. The number of carboxylic acid groups (broad SMARTS) is 1. The second-order valence-electron chi connectivity index (χ2n) is 2.01. The smallest absolute Gasteiger partial charge is 0.339 e. The summed E-state index contributed by atoms with van der Waals surface area (Å²) in [6, 6.07) is 3.32. The lowest BCUT2D eigenvalue weighted by Crippen LogP contribution is -1.95. The molecule has 0 amide bonds. The molecule has 62 valence electrons. The first-order valence-electron chi connectivity index (χ1n) is 2.86. The van der Waals surface area contributed by atoms with Crippen LogP contribution in [0.4, 0.5) is 0 Å². The first kappa shape index (κ1) is 11.1. The molecule has 0 saturated carbocycles. The maximum absolute atomic E-state index is 10.3. The summed E-state index contributed by atoms with van der Waals surface area (Å²) in [4.78, 5) is 10.3. The van der Waals surface area contributed by atoms with E-state index in [4.69, 9.17) is 15.3 Å². The standard InChI is InChI=1S/C7H6O4.Mg.2H/c8-4-1-2-6(9)5(3-4)7(10)11;;;/h1-3,8-9H,(H,10,11);;;. The Morgan fingerprint density at radius 3 is 2.25 bits per heavy atom. The zero-order chi connectivity index (χ0) is 8.43. The number of rotatable bonds is 1. The van der Waals surface area contributed by atoms with Gasteiger partial charge in [-0.15, -0.1) is 0 Å². The van der Waals surface area contributed by atoms with Crippen molar-refractivity contribution in [2.45, 2.75) is 0 Å². The van der Waals surface area contributed by atoms with Gasteiger partial charge in [0, 0.05) is 0 Å². The maximum Gasteiger partial charge on any atom is 0.339 e.